The molecule has 0 saturated carbocycles. The highest BCUT2D eigenvalue weighted by Gasteiger charge is 2.42. The van der Waals surface area contributed by atoms with Gasteiger partial charge in [0.05, 0.1) is 24.9 Å². The lowest BCUT2D eigenvalue weighted by atomic mass is 10.0. The van der Waals surface area contributed by atoms with Gasteiger partial charge in [-0.25, -0.2) is 0 Å². The summed E-state index contributed by atoms with van der Waals surface area (Å²) in [5.74, 6) is 1.66. The van der Waals surface area contributed by atoms with Gasteiger partial charge < -0.3 is 24.3 Å². The Morgan fingerprint density at radius 2 is 1.60 bits per heavy atom. The van der Waals surface area contributed by atoms with Gasteiger partial charge in [0.15, 0.2) is 5.11 Å². The molecule has 0 spiro atoms. The van der Waals surface area contributed by atoms with Gasteiger partial charge in [-0.1, -0.05) is 6.07 Å². The number of hydrogen-bond acceptors (Lipinski definition) is 4. The zero-order valence-corrected chi connectivity index (χ0v) is 20.8. The standard InChI is InChI=1S/C28H28N4O2S/c1-19(2)34-23-15-11-21(12-16-23)32-27(26(30-28(32)35)24-7-4-5-17-29-24)25-8-6-18-31(25)20-9-13-22(33-3)14-10-20/h4-19,26-27H,1-3H3,(H,30,35). The number of pyridine rings is 1. The average Bonchev–Trinajstić information content (AvgIpc) is 3.49. The molecule has 2 atom stereocenters. The van der Waals surface area contributed by atoms with Crippen molar-refractivity contribution in [3.8, 4) is 17.2 Å². The van der Waals surface area contributed by atoms with Gasteiger partial charge in [0.1, 0.15) is 17.5 Å². The van der Waals surface area contributed by atoms with E-state index in [0.29, 0.717) is 5.11 Å². The summed E-state index contributed by atoms with van der Waals surface area (Å²) in [6.45, 7) is 4.04. The van der Waals surface area contributed by atoms with Gasteiger partial charge in [-0.3, -0.25) is 4.98 Å². The number of aromatic nitrogens is 2. The summed E-state index contributed by atoms with van der Waals surface area (Å²) in [7, 11) is 1.67. The molecule has 1 aliphatic heterocycles. The molecule has 1 saturated heterocycles. The van der Waals surface area contributed by atoms with Gasteiger partial charge in [-0.2, -0.15) is 0 Å². The van der Waals surface area contributed by atoms with Gasteiger partial charge in [0, 0.05) is 29.5 Å². The van der Waals surface area contributed by atoms with E-state index >= 15 is 0 Å². The highest BCUT2D eigenvalue weighted by Crippen LogP contribution is 2.42. The van der Waals surface area contributed by atoms with Crippen LogP contribution in [0.25, 0.3) is 5.69 Å². The monoisotopic (exact) mass is 484 g/mol. The second-order valence-corrected chi connectivity index (χ2v) is 9.04. The molecular weight excluding hydrogens is 456 g/mol. The van der Waals surface area contributed by atoms with Crippen molar-refractivity contribution in [3.05, 3.63) is 103 Å². The predicted molar refractivity (Wildman–Crippen MR) is 142 cm³/mol. The van der Waals surface area contributed by atoms with Crippen LogP contribution < -0.4 is 19.7 Å². The number of nitrogens with zero attached hydrogens (tertiary/aromatic N) is 3. The molecule has 0 bridgehead atoms. The first-order chi connectivity index (χ1) is 17.0. The molecule has 178 valence electrons. The minimum absolute atomic E-state index is 0.115. The van der Waals surface area contributed by atoms with Crippen molar-refractivity contribution >= 4 is 23.0 Å². The van der Waals surface area contributed by atoms with E-state index in [-0.39, 0.29) is 18.2 Å². The van der Waals surface area contributed by atoms with Crippen LogP contribution in [0.2, 0.25) is 0 Å². The molecule has 0 amide bonds. The second-order valence-electron chi connectivity index (χ2n) is 8.66. The minimum atomic E-state index is -0.123. The van der Waals surface area contributed by atoms with Crippen LogP contribution in [0.15, 0.2) is 91.3 Å². The molecule has 1 N–H and O–H groups in total. The largest absolute Gasteiger partial charge is 0.497 e. The Morgan fingerprint density at radius 3 is 2.26 bits per heavy atom. The Morgan fingerprint density at radius 1 is 0.886 bits per heavy atom. The van der Waals surface area contributed by atoms with Crippen LogP contribution in [0.3, 0.4) is 0 Å². The molecule has 2 aromatic heterocycles. The fourth-order valence-corrected chi connectivity index (χ4v) is 4.85. The molecule has 6 nitrogen and oxygen atoms in total. The molecule has 0 aliphatic carbocycles. The van der Waals surface area contributed by atoms with Crippen LogP contribution in [0, 0.1) is 0 Å². The highest BCUT2D eigenvalue weighted by atomic mass is 32.1. The van der Waals surface area contributed by atoms with Gasteiger partial charge in [0.25, 0.3) is 0 Å². The van der Waals surface area contributed by atoms with E-state index in [4.69, 9.17) is 21.7 Å². The number of ether oxygens (including phenoxy) is 2. The van der Waals surface area contributed by atoms with Crippen LogP contribution in [-0.2, 0) is 0 Å². The van der Waals surface area contributed by atoms with Crippen molar-refractivity contribution < 1.29 is 9.47 Å². The first kappa shape index (κ1) is 22.9. The molecular formula is C28H28N4O2S. The summed E-state index contributed by atoms with van der Waals surface area (Å²) < 4.78 is 13.4. The number of nitrogens with one attached hydrogen (secondary N) is 1. The van der Waals surface area contributed by atoms with Crippen LogP contribution in [0.5, 0.6) is 11.5 Å². The van der Waals surface area contributed by atoms with Gasteiger partial charge >= 0.3 is 0 Å². The van der Waals surface area contributed by atoms with Gasteiger partial charge in [-0.15, -0.1) is 0 Å². The Hall–Kier alpha value is -3.84. The predicted octanol–water partition coefficient (Wildman–Crippen LogP) is 5.85. The maximum atomic E-state index is 5.88. The molecule has 2 aromatic carbocycles. The number of thiocarbonyl (C=S) groups is 1. The molecule has 1 fully saturated rings. The zero-order chi connectivity index (χ0) is 24.4. The number of anilines is 1. The summed E-state index contributed by atoms with van der Waals surface area (Å²) in [6, 6.07) is 26.1. The van der Waals surface area contributed by atoms with E-state index in [1.165, 1.54) is 0 Å². The third-order valence-electron chi connectivity index (χ3n) is 6.02. The number of rotatable bonds is 7. The van der Waals surface area contributed by atoms with E-state index in [9.17, 15) is 0 Å². The first-order valence-corrected chi connectivity index (χ1v) is 12.0. The van der Waals surface area contributed by atoms with Gasteiger partial charge in [-0.05, 0) is 98.9 Å². The fourth-order valence-electron chi connectivity index (χ4n) is 4.50. The van der Waals surface area contributed by atoms with Crippen molar-refractivity contribution in [2.24, 2.45) is 0 Å². The molecule has 7 heteroatoms. The van der Waals surface area contributed by atoms with Crippen molar-refractivity contribution in [3.63, 3.8) is 0 Å². The normalized spacial score (nSPS) is 17.5. The molecule has 35 heavy (non-hydrogen) atoms. The lowest BCUT2D eigenvalue weighted by molar-refractivity contribution is 0.242. The topological polar surface area (TPSA) is 51.5 Å². The molecule has 0 radical (unpaired) electrons. The first-order valence-electron chi connectivity index (χ1n) is 11.6. The highest BCUT2D eigenvalue weighted by molar-refractivity contribution is 7.80. The molecule has 5 rings (SSSR count). The summed E-state index contributed by atoms with van der Waals surface area (Å²) >= 11 is 5.88. The fraction of sp³-hybridized carbons (Fsp3) is 0.214. The SMILES string of the molecule is COc1ccc(-n2cccc2C2C(c3ccccn3)NC(=S)N2c2ccc(OC(C)C)cc2)cc1. The maximum Gasteiger partial charge on any atom is 0.174 e. The Labute approximate surface area is 211 Å². The summed E-state index contributed by atoms with van der Waals surface area (Å²) in [5.41, 5.74) is 4.07. The van der Waals surface area contributed by atoms with Crippen LogP contribution in [0.1, 0.15) is 37.3 Å². The second kappa shape index (κ2) is 9.80. The number of benzene rings is 2. The third-order valence-corrected chi connectivity index (χ3v) is 6.33. The van der Waals surface area contributed by atoms with Crippen molar-refractivity contribution in [2.75, 3.05) is 12.0 Å². The maximum absolute atomic E-state index is 5.88. The summed E-state index contributed by atoms with van der Waals surface area (Å²) in [6.07, 6.45) is 4.01. The third kappa shape index (κ3) is 4.59. The summed E-state index contributed by atoms with van der Waals surface area (Å²) in [4.78, 5) is 6.83. The molecule has 3 heterocycles. The molecule has 4 aromatic rings. The zero-order valence-electron chi connectivity index (χ0n) is 20.0. The number of hydrogen-bond donors (Lipinski definition) is 1. The van der Waals surface area contributed by atoms with Crippen molar-refractivity contribution in [1.82, 2.24) is 14.9 Å². The summed E-state index contributed by atoms with van der Waals surface area (Å²) in [5, 5.41) is 4.19. The average molecular weight is 485 g/mol. The lowest BCUT2D eigenvalue weighted by Crippen LogP contribution is -2.30. The van der Waals surface area contributed by atoms with E-state index in [0.717, 1.165) is 34.3 Å². The van der Waals surface area contributed by atoms with E-state index in [2.05, 4.69) is 62.4 Å². The van der Waals surface area contributed by atoms with Crippen molar-refractivity contribution in [2.45, 2.75) is 32.0 Å². The minimum Gasteiger partial charge on any atom is -0.497 e. The van der Waals surface area contributed by atoms with E-state index in [1.54, 1.807) is 7.11 Å². The number of methoxy groups -OCH3 is 1. The quantitative estimate of drug-likeness (QED) is 0.332. The molecule has 1 aliphatic rings. The van der Waals surface area contributed by atoms with Crippen LogP contribution in [0.4, 0.5) is 5.69 Å². The van der Waals surface area contributed by atoms with E-state index < -0.39 is 0 Å². The van der Waals surface area contributed by atoms with Crippen LogP contribution in [-0.4, -0.2) is 27.9 Å². The van der Waals surface area contributed by atoms with Crippen molar-refractivity contribution in [1.29, 1.82) is 0 Å². The molecule has 2 unspecified atom stereocenters. The van der Waals surface area contributed by atoms with E-state index in [1.807, 2.05) is 62.5 Å². The Kier molecular flexibility index (Phi) is 6.42. The van der Waals surface area contributed by atoms with Gasteiger partial charge in [0.2, 0.25) is 0 Å². The lowest BCUT2D eigenvalue weighted by Gasteiger charge is -2.29. The smallest absolute Gasteiger partial charge is 0.174 e. The Balaban J connectivity index is 1.59. The van der Waals surface area contributed by atoms with Crippen LogP contribution >= 0.6 is 12.2 Å². The Bertz CT molecular complexity index is 1290.